The number of amides is 1. The van der Waals surface area contributed by atoms with E-state index in [1.807, 2.05) is 49.4 Å². The van der Waals surface area contributed by atoms with E-state index in [0.717, 1.165) is 23.3 Å². The topological polar surface area (TPSA) is 64.3 Å². The number of ether oxygens (including phenoxy) is 1. The van der Waals surface area contributed by atoms with Crippen molar-refractivity contribution in [2.45, 2.75) is 33.1 Å². The molecule has 23 heavy (non-hydrogen) atoms. The molecular formula is C19H24N2O2. The molecule has 0 heterocycles. The highest BCUT2D eigenvalue weighted by Gasteiger charge is 2.12. The van der Waals surface area contributed by atoms with Crippen LogP contribution in [0.1, 0.15) is 37.3 Å². The first-order chi connectivity index (χ1) is 11.0. The Labute approximate surface area is 137 Å². The molecule has 1 atom stereocenters. The molecular weight excluding hydrogens is 288 g/mol. The number of nitrogens with one attached hydrogen (secondary N) is 1. The molecule has 0 fully saturated rings. The molecule has 1 amide bonds. The van der Waals surface area contributed by atoms with Gasteiger partial charge in [-0.1, -0.05) is 38.1 Å². The fourth-order valence-electron chi connectivity index (χ4n) is 2.36. The van der Waals surface area contributed by atoms with Gasteiger partial charge in [0.05, 0.1) is 0 Å². The van der Waals surface area contributed by atoms with E-state index in [-0.39, 0.29) is 12.5 Å². The second-order valence-corrected chi connectivity index (χ2v) is 5.70. The largest absolute Gasteiger partial charge is 0.483 e. The maximum Gasteiger partial charge on any atom is 0.262 e. The average molecular weight is 312 g/mol. The summed E-state index contributed by atoms with van der Waals surface area (Å²) in [5.74, 6) is 0.962. The van der Waals surface area contributed by atoms with E-state index >= 15 is 0 Å². The zero-order valence-electron chi connectivity index (χ0n) is 13.9. The number of rotatable bonds is 6. The first-order valence-electron chi connectivity index (χ1n) is 7.89. The first-order valence-corrected chi connectivity index (χ1v) is 7.89. The van der Waals surface area contributed by atoms with E-state index in [9.17, 15) is 4.79 Å². The van der Waals surface area contributed by atoms with E-state index < -0.39 is 0 Å². The van der Waals surface area contributed by atoms with Gasteiger partial charge in [0.1, 0.15) is 5.75 Å². The van der Waals surface area contributed by atoms with Crippen LogP contribution in [0.2, 0.25) is 0 Å². The number of carbonyl (C=O) groups is 1. The van der Waals surface area contributed by atoms with Crippen LogP contribution in [0.3, 0.4) is 0 Å². The summed E-state index contributed by atoms with van der Waals surface area (Å²) in [4.78, 5) is 12.1. The predicted molar refractivity (Wildman–Crippen MR) is 94.9 cm³/mol. The zero-order chi connectivity index (χ0) is 16.8. The molecule has 2 aromatic carbocycles. The van der Waals surface area contributed by atoms with Gasteiger partial charge in [-0.2, -0.15) is 0 Å². The van der Waals surface area contributed by atoms with Crippen molar-refractivity contribution in [1.29, 1.82) is 0 Å². The fourth-order valence-corrected chi connectivity index (χ4v) is 2.36. The van der Waals surface area contributed by atoms with Crippen LogP contribution in [0.4, 0.5) is 11.4 Å². The van der Waals surface area contributed by atoms with Gasteiger partial charge in [-0.25, -0.2) is 0 Å². The lowest BCUT2D eigenvalue weighted by molar-refractivity contribution is -0.118. The van der Waals surface area contributed by atoms with Crippen molar-refractivity contribution in [3.63, 3.8) is 0 Å². The maximum atomic E-state index is 12.1. The quantitative estimate of drug-likeness (QED) is 0.789. The number of para-hydroxylation sites is 1. The van der Waals surface area contributed by atoms with Gasteiger partial charge in [0.2, 0.25) is 0 Å². The van der Waals surface area contributed by atoms with Crippen molar-refractivity contribution in [1.82, 2.24) is 0 Å². The Morgan fingerprint density at radius 2 is 1.96 bits per heavy atom. The Hall–Kier alpha value is -2.49. The van der Waals surface area contributed by atoms with Crippen LogP contribution in [0.5, 0.6) is 5.75 Å². The molecule has 3 N–H and O–H groups in total. The number of anilines is 2. The molecule has 4 heteroatoms. The number of hydrogen-bond acceptors (Lipinski definition) is 3. The van der Waals surface area contributed by atoms with Crippen LogP contribution in [-0.4, -0.2) is 12.5 Å². The van der Waals surface area contributed by atoms with Gasteiger partial charge in [0.15, 0.2) is 6.61 Å². The monoisotopic (exact) mass is 312 g/mol. The van der Waals surface area contributed by atoms with E-state index in [2.05, 4.69) is 19.2 Å². The van der Waals surface area contributed by atoms with E-state index in [1.54, 1.807) is 0 Å². The summed E-state index contributed by atoms with van der Waals surface area (Å²) in [6.45, 7) is 6.14. The number of carbonyl (C=O) groups excluding carboxylic acids is 1. The van der Waals surface area contributed by atoms with E-state index in [0.29, 0.717) is 17.3 Å². The van der Waals surface area contributed by atoms with Crippen LogP contribution in [0, 0.1) is 6.92 Å². The van der Waals surface area contributed by atoms with E-state index in [4.69, 9.17) is 10.5 Å². The lowest BCUT2D eigenvalue weighted by Crippen LogP contribution is -2.21. The molecule has 2 rings (SSSR count). The molecule has 0 aromatic heterocycles. The van der Waals surface area contributed by atoms with Crippen molar-refractivity contribution in [2.75, 3.05) is 17.7 Å². The van der Waals surface area contributed by atoms with Crippen LogP contribution in [0.25, 0.3) is 0 Å². The molecule has 0 spiro atoms. The van der Waals surface area contributed by atoms with Crippen molar-refractivity contribution in [3.05, 3.63) is 53.6 Å². The third-order valence-electron chi connectivity index (χ3n) is 4.07. The first kappa shape index (κ1) is 16.9. The van der Waals surface area contributed by atoms with Crippen LogP contribution < -0.4 is 15.8 Å². The Morgan fingerprint density at radius 1 is 1.22 bits per heavy atom. The minimum Gasteiger partial charge on any atom is -0.483 e. The molecule has 0 unspecified atom stereocenters. The minimum atomic E-state index is -0.197. The van der Waals surface area contributed by atoms with Crippen LogP contribution in [-0.2, 0) is 4.79 Å². The predicted octanol–water partition coefficient (Wildman–Crippen LogP) is 4.11. The molecule has 0 aliphatic heterocycles. The number of hydrogen-bond donors (Lipinski definition) is 2. The molecule has 2 aromatic rings. The smallest absolute Gasteiger partial charge is 0.262 e. The van der Waals surface area contributed by atoms with Gasteiger partial charge in [0, 0.05) is 11.4 Å². The molecule has 0 bridgehead atoms. The van der Waals surface area contributed by atoms with Gasteiger partial charge in [0.25, 0.3) is 5.91 Å². The normalized spacial score (nSPS) is 11.8. The summed E-state index contributed by atoms with van der Waals surface area (Å²) in [5.41, 5.74) is 9.21. The summed E-state index contributed by atoms with van der Waals surface area (Å²) in [6, 6.07) is 13.3. The van der Waals surface area contributed by atoms with Crippen LogP contribution in [0.15, 0.2) is 42.5 Å². The lowest BCUT2D eigenvalue weighted by atomic mass is 9.98. The zero-order valence-corrected chi connectivity index (χ0v) is 13.9. The SMILES string of the molecule is CC[C@H](C)c1ccccc1OCC(=O)Nc1cccc(N)c1C. The Morgan fingerprint density at radius 3 is 2.70 bits per heavy atom. The highest BCUT2D eigenvalue weighted by atomic mass is 16.5. The van der Waals surface area contributed by atoms with Crippen LogP contribution >= 0.6 is 0 Å². The fraction of sp³-hybridized carbons (Fsp3) is 0.316. The Balaban J connectivity index is 2.01. The average Bonchev–Trinajstić information content (AvgIpc) is 2.56. The summed E-state index contributed by atoms with van der Waals surface area (Å²) < 4.78 is 5.72. The van der Waals surface area contributed by atoms with Crippen molar-refractivity contribution < 1.29 is 9.53 Å². The van der Waals surface area contributed by atoms with Gasteiger partial charge < -0.3 is 15.8 Å². The number of nitrogens with two attached hydrogens (primary N) is 1. The van der Waals surface area contributed by atoms with Gasteiger partial charge in [-0.15, -0.1) is 0 Å². The third-order valence-corrected chi connectivity index (χ3v) is 4.07. The Bertz CT molecular complexity index is 683. The molecule has 122 valence electrons. The van der Waals surface area contributed by atoms with Crippen molar-refractivity contribution in [2.24, 2.45) is 0 Å². The van der Waals surface area contributed by atoms with Gasteiger partial charge in [-0.05, 0) is 48.6 Å². The second kappa shape index (κ2) is 7.68. The molecule has 0 saturated carbocycles. The summed E-state index contributed by atoms with van der Waals surface area (Å²) in [6.07, 6.45) is 1.02. The molecule has 0 radical (unpaired) electrons. The third kappa shape index (κ3) is 4.25. The standard InChI is InChI=1S/C19H24N2O2/c1-4-13(2)15-8-5-6-11-18(15)23-12-19(22)21-17-10-7-9-16(20)14(17)3/h5-11,13H,4,12,20H2,1-3H3,(H,21,22)/t13-/m0/s1. The molecule has 0 aliphatic rings. The molecule has 0 aliphatic carbocycles. The number of nitrogen functional groups attached to an aromatic ring is 1. The lowest BCUT2D eigenvalue weighted by Gasteiger charge is -2.16. The van der Waals surface area contributed by atoms with Crippen molar-refractivity contribution >= 4 is 17.3 Å². The summed E-state index contributed by atoms with van der Waals surface area (Å²) in [5, 5.41) is 2.84. The summed E-state index contributed by atoms with van der Waals surface area (Å²) in [7, 11) is 0. The van der Waals surface area contributed by atoms with Crippen molar-refractivity contribution in [3.8, 4) is 5.75 Å². The highest BCUT2D eigenvalue weighted by Crippen LogP contribution is 2.28. The van der Waals surface area contributed by atoms with Gasteiger partial charge >= 0.3 is 0 Å². The summed E-state index contributed by atoms with van der Waals surface area (Å²) >= 11 is 0. The minimum absolute atomic E-state index is 0.0261. The number of benzene rings is 2. The highest BCUT2D eigenvalue weighted by molar-refractivity contribution is 5.93. The molecule has 0 saturated heterocycles. The second-order valence-electron chi connectivity index (χ2n) is 5.70. The van der Waals surface area contributed by atoms with Gasteiger partial charge in [-0.3, -0.25) is 4.79 Å². The van der Waals surface area contributed by atoms with E-state index in [1.165, 1.54) is 0 Å². The molecule has 4 nitrogen and oxygen atoms in total. The Kier molecular flexibility index (Phi) is 5.63. The maximum absolute atomic E-state index is 12.1.